The van der Waals surface area contributed by atoms with E-state index in [2.05, 4.69) is 34.9 Å². The standard InChI is InChI=1S/C28H38N2O7/c1-28(2,3)37-15-14-34-12-13-35-18-20(16-29-17-26(31)32)30-27(33)36-19-25-23-10-6-4-8-21(23)22-9-5-7-11-24(22)25/h4-11,20,25,29H,12-19H2,1-3H3,(H,30,33)(H,31,32)/t20-/m1/s1. The van der Waals surface area contributed by atoms with Crippen molar-refractivity contribution in [2.24, 2.45) is 0 Å². The van der Waals surface area contributed by atoms with E-state index < -0.39 is 18.1 Å². The predicted octanol–water partition coefficient (Wildman–Crippen LogP) is 3.42. The lowest BCUT2D eigenvalue weighted by Crippen LogP contribution is -2.46. The highest BCUT2D eigenvalue weighted by Crippen LogP contribution is 2.44. The Kier molecular flexibility index (Phi) is 10.9. The first kappa shape index (κ1) is 28.6. The summed E-state index contributed by atoms with van der Waals surface area (Å²) in [7, 11) is 0. The Bertz CT molecular complexity index is 976. The van der Waals surface area contributed by atoms with Crippen molar-refractivity contribution in [2.45, 2.75) is 38.3 Å². The summed E-state index contributed by atoms with van der Waals surface area (Å²) in [5, 5.41) is 14.5. The van der Waals surface area contributed by atoms with Crippen molar-refractivity contribution in [1.82, 2.24) is 10.6 Å². The number of benzene rings is 2. The van der Waals surface area contributed by atoms with E-state index in [1.54, 1.807) is 0 Å². The van der Waals surface area contributed by atoms with Gasteiger partial charge in [0.25, 0.3) is 0 Å². The SMILES string of the molecule is CC(C)(C)OCCOCCOC[C@@H](CNCC(=O)O)NC(=O)OCC1c2ccccc2-c2ccccc21. The molecule has 0 aliphatic heterocycles. The van der Waals surface area contributed by atoms with Crippen molar-refractivity contribution in [3.05, 3.63) is 59.7 Å². The van der Waals surface area contributed by atoms with Crippen LogP contribution in [0.3, 0.4) is 0 Å². The molecule has 9 nitrogen and oxygen atoms in total. The first-order valence-corrected chi connectivity index (χ1v) is 12.6. The molecule has 3 rings (SSSR count). The van der Waals surface area contributed by atoms with Gasteiger partial charge in [-0.25, -0.2) is 4.79 Å². The summed E-state index contributed by atoms with van der Waals surface area (Å²) in [5.74, 6) is -1.02. The number of alkyl carbamates (subject to hydrolysis) is 1. The van der Waals surface area contributed by atoms with Gasteiger partial charge in [-0.05, 0) is 43.0 Å². The predicted molar refractivity (Wildman–Crippen MR) is 140 cm³/mol. The molecule has 202 valence electrons. The van der Waals surface area contributed by atoms with Crippen LogP contribution >= 0.6 is 0 Å². The molecule has 0 unspecified atom stereocenters. The van der Waals surface area contributed by atoms with Gasteiger partial charge in [0.1, 0.15) is 6.61 Å². The van der Waals surface area contributed by atoms with Gasteiger partial charge in [-0.1, -0.05) is 48.5 Å². The van der Waals surface area contributed by atoms with Gasteiger partial charge in [-0.2, -0.15) is 0 Å². The average molecular weight is 515 g/mol. The molecule has 3 N–H and O–H groups in total. The van der Waals surface area contributed by atoms with Crippen LogP contribution in [0.4, 0.5) is 4.79 Å². The van der Waals surface area contributed by atoms with E-state index >= 15 is 0 Å². The molecule has 1 aliphatic rings. The molecule has 1 aliphatic carbocycles. The third kappa shape index (κ3) is 9.44. The lowest BCUT2D eigenvalue weighted by Gasteiger charge is -2.21. The van der Waals surface area contributed by atoms with Crippen LogP contribution in [0.5, 0.6) is 0 Å². The molecule has 0 fully saturated rings. The number of carbonyl (C=O) groups is 2. The van der Waals surface area contributed by atoms with Crippen molar-refractivity contribution < 1.29 is 33.6 Å². The van der Waals surface area contributed by atoms with Crippen LogP contribution in [0.25, 0.3) is 11.1 Å². The molecular formula is C28H38N2O7. The van der Waals surface area contributed by atoms with Crippen LogP contribution < -0.4 is 10.6 Å². The van der Waals surface area contributed by atoms with Crippen LogP contribution in [-0.2, 0) is 23.7 Å². The van der Waals surface area contributed by atoms with Crippen LogP contribution in [0.2, 0.25) is 0 Å². The van der Waals surface area contributed by atoms with E-state index in [4.69, 9.17) is 24.1 Å². The second kappa shape index (κ2) is 14.1. The largest absolute Gasteiger partial charge is 0.480 e. The van der Waals surface area contributed by atoms with E-state index in [-0.39, 0.29) is 37.8 Å². The van der Waals surface area contributed by atoms with Gasteiger partial charge in [-0.15, -0.1) is 0 Å². The van der Waals surface area contributed by atoms with Crippen molar-refractivity contribution in [2.75, 3.05) is 52.7 Å². The van der Waals surface area contributed by atoms with Crippen LogP contribution in [0.15, 0.2) is 48.5 Å². The van der Waals surface area contributed by atoms with Crippen LogP contribution in [0, 0.1) is 0 Å². The Balaban J connectivity index is 1.45. The summed E-state index contributed by atoms with van der Waals surface area (Å²) < 4.78 is 22.4. The highest BCUT2D eigenvalue weighted by atomic mass is 16.6. The number of carboxylic acids is 1. The molecule has 1 amide bonds. The molecule has 0 heterocycles. The Hall–Kier alpha value is -2.98. The smallest absolute Gasteiger partial charge is 0.407 e. The van der Waals surface area contributed by atoms with Gasteiger partial charge in [-0.3, -0.25) is 4.79 Å². The maximum Gasteiger partial charge on any atom is 0.407 e. The number of aliphatic carboxylic acids is 1. The second-order valence-electron chi connectivity index (χ2n) is 9.84. The monoisotopic (exact) mass is 514 g/mol. The Morgan fingerprint density at radius 3 is 2.14 bits per heavy atom. The lowest BCUT2D eigenvalue weighted by molar-refractivity contribution is -0.136. The van der Waals surface area contributed by atoms with Gasteiger partial charge < -0.3 is 34.7 Å². The van der Waals surface area contributed by atoms with Crippen LogP contribution in [0.1, 0.15) is 37.8 Å². The van der Waals surface area contributed by atoms with Gasteiger partial charge in [0.2, 0.25) is 0 Å². The fraction of sp³-hybridized carbons (Fsp3) is 0.500. The zero-order valence-electron chi connectivity index (χ0n) is 21.8. The highest BCUT2D eigenvalue weighted by Gasteiger charge is 2.29. The molecule has 0 saturated heterocycles. The third-order valence-corrected chi connectivity index (χ3v) is 5.79. The molecule has 37 heavy (non-hydrogen) atoms. The number of fused-ring (bicyclic) bond motifs is 3. The minimum absolute atomic E-state index is 0.0441. The Labute approximate surface area is 218 Å². The van der Waals surface area contributed by atoms with Gasteiger partial charge in [0.05, 0.1) is 51.2 Å². The zero-order valence-corrected chi connectivity index (χ0v) is 21.8. The topological polar surface area (TPSA) is 115 Å². The Morgan fingerprint density at radius 1 is 0.919 bits per heavy atom. The van der Waals surface area contributed by atoms with Crippen LogP contribution in [-0.4, -0.2) is 81.5 Å². The highest BCUT2D eigenvalue weighted by molar-refractivity contribution is 5.79. The fourth-order valence-corrected chi connectivity index (χ4v) is 4.16. The number of hydrogen-bond acceptors (Lipinski definition) is 7. The number of hydrogen-bond donors (Lipinski definition) is 3. The molecular weight excluding hydrogens is 476 g/mol. The van der Waals surface area contributed by atoms with Gasteiger partial charge in [0.15, 0.2) is 0 Å². The second-order valence-corrected chi connectivity index (χ2v) is 9.84. The number of carboxylic acid groups (broad SMARTS) is 1. The summed E-state index contributed by atoms with van der Waals surface area (Å²) in [6, 6.07) is 15.8. The first-order chi connectivity index (χ1) is 17.7. The van der Waals surface area contributed by atoms with E-state index in [1.165, 1.54) is 0 Å². The molecule has 0 aromatic heterocycles. The summed E-state index contributed by atoms with van der Waals surface area (Å²) in [6.45, 7) is 7.99. The van der Waals surface area contributed by atoms with Crippen molar-refractivity contribution in [3.63, 3.8) is 0 Å². The molecule has 9 heteroatoms. The molecule has 2 aromatic rings. The van der Waals surface area contributed by atoms with Crippen molar-refractivity contribution >= 4 is 12.1 Å². The Morgan fingerprint density at radius 2 is 1.51 bits per heavy atom. The molecule has 1 atom stereocenters. The quantitative estimate of drug-likeness (QED) is 0.310. The summed E-state index contributed by atoms with van der Waals surface area (Å²) >= 11 is 0. The van der Waals surface area contributed by atoms with Gasteiger partial charge >= 0.3 is 12.1 Å². The fourth-order valence-electron chi connectivity index (χ4n) is 4.16. The minimum Gasteiger partial charge on any atom is -0.480 e. The number of ether oxygens (including phenoxy) is 4. The summed E-state index contributed by atoms with van der Waals surface area (Å²) in [6.07, 6.45) is -0.580. The minimum atomic E-state index is -0.980. The third-order valence-electron chi connectivity index (χ3n) is 5.79. The number of carbonyl (C=O) groups excluding carboxylic acids is 1. The van der Waals surface area contributed by atoms with E-state index in [0.717, 1.165) is 22.3 Å². The van der Waals surface area contributed by atoms with E-state index in [0.29, 0.717) is 26.4 Å². The van der Waals surface area contributed by atoms with Gasteiger partial charge in [0, 0.05) is 12.5 Å². The zero-order chi connectivity index (χ0) is 26.7. The van der Waals surface area contributed by atoms with Crippen molar-refractivity contribution in [3.8, 4) is 11.1 Å². The van der Waals surface area contributed by atoms with E-state index in [9.17, 15) is 9.59 Å². The maximum atomic E-state index is 12.6. The molecule has 2 aromatic carbocycles. The average Bonchev–Trinajstić information content (AvgIpc) is 3.17. The lowest BCUT2D eigenvalue weighted by atomic mass is 9.98. The first-order valence-electron chi connectivity index (χ1n) is 12.6. The molecule has 0 spiro atoms. The summed E-state index contributed by atoms with van der Waals surface area (Å²) in [5.41, 5.74) is 4.37. The molecule has 0 bridgehead atoms. The van der Waals surface area contributed by atoms with Crippen molar-refractivity contribution in [1.29, 1.82) is 0 Å². The molecule has 0 radical (unpaired) electrons. The number of amides is 1. The number of nitrogens with one attached hydrogen (secondary N) is 2. The maximum absolute atomic E-state index is 12.6. The normalized spacial score (nSPS) is 13.6. The van der Waals surface area contributed by atoms with E-state index in [1.807, 2.05) is 45.0 Å². The molecule has 0 saturated carbocycles. The summed E-state index contributed by atoms with van der Waals surface area (Å²) in [4.78, 5) is 23.5. The number of rotatable bonds is 15.